The molecule has 4 rings (SSSR count). The van der Waals surface area contributed by atoms with E-state index >= 15 is 0 Å². The third-order valence-electron chi connectivity index (χ3n) is 4.07. The lowest BCUT2D eigenvalue weighted by molar-refractivity contribution is 0.102. The van der Waals surface area contributed by atoms with Crippen LogP contribution in [0.3, 0.4) is 0 Å². The number of aromatic amines is 1. The first-order valence-corrected chi connectivity index (χ1v) is 10.3. The van der Waals surface area contributed by atoms with Gasteiger partial charge >= 0.3 is 4.84 Å². The summed E-state index contributed by atoms with van der Waals surface area (Å²) in [5.41, 5.74) is 0.877. The topological polar surface area (TPSA) is 72.3 Å². The Kier molecular flexibility index (Phi) is 8.52. The van der Waals surface area contributed by atoms with E-state index in [9.17, 15) is 0 Å². The Bertz CT molecular complexity index is 935. The van der Waals surface area contributed by atoms with E-state index in [0.717, 1.165) is 37.6 Å². The van der Waals surface area contributed by atoms with Gasteiger partial charge in [-0.3, -0.25) is 0 Å². The van der Waals surface area contributed by atoms with Crippen LogP contribution in [0.25, 0.3) is 11.4 Å². The second-order valence-corrected chi connectivity index (χ2v) is 7.49. The average Bonchev–Trinajstić information content (AvgIpc) is 3.00. The first-order chi connectivity index (χ1) is 14.1. The van der Waals surface area contributed by atoms with Gasteiger partial charge in [0, 0.05) is 24.6 Å². The number of benzene rings is 2. The molecule has 0 amide bonds. The van der Waals surface area contributed by atoms with Gasteiger partial charge in [-0.1, -0.05) is 47.5 Å². The lowest BCUT2D eigenvalue weighted by Crippen LogP contribution is -2.27. The van der Waals surface area contributed by atoms with E-state index in [1.54, 1.807) is 12.1 Å². The van der Waals surface area contributed by atoms with E-state index in [0.29, 0.717) is 28.4 Å². The molecule has 0 bridgehead atoms. The second-order valence-electron chi connectivity index (χ2n) is 6.33. The molecule has 29 heavy (non-hydrogen) atoms. The molecule has 1 fully saturated rings. The Morgan fingerprint density at radius 3 is 2.62 bits per heavy atom. The van der Waals surface area contributed by atoms with Gasteiger partial charge in [0.25, 0.3) is 0 Å². The minimum atomic E-state index is 0.193. The van der Waals surface area contributed by atoms with Gasteiger partial charge < -0.3 is 19.3 Å². The molecule has 0 saturated carbocycles. The molecule has 1 unspecified atom stereocenters. The molecule has 0 aliphatic carbocycles. The lowest BCUT2D eigenvalue weighted by Gasteiger charge is -2.15. The third-order valence-corrected chi connectivity index (χ3v) is 5.00. The van der Waals surface area contributed by atoms with Crippen LogP contribution in [0.2, 0.25) is 10.0 Å². The number of nitrogens with one attached hydrogen (secondary N) is 2. The molecule has 154 valence electrons. The highest BCUT2D eigenvalue weighted by Gasteiger charge is 2.13. The zero-order chi connectivity index (χ0) is 20.5. The van der Waals surface area contributed by atoms with Gasteiger partial charge in [-0.15, -0.1) is 0 Å². The number of halogens is 2. The first kappa shape index (κ1) is 21.8. The fraction of sp³-hybridized carbons (Fsp3) is 0.300. The molecule has 1 aromatic heterocycles. The molecule has 3 aromatic rings. The smallest absolute Gasteiger partial charge is 0.314 e. The van der Waals surface area contributed by atoms with E-state index in [2.05, 4.69) is 15.5 Å². The van der Waals surface area contributed by atoms with Crippen molar-refractivity contribution in [2.75, 3.05) is 32.9 Å². The predicted octanol–water partition coefficient (Wildman–Crippen LogP) is 5.01. The van der Waals surface area contributed by atoms with Crippen molar-refractivity contribution >= 4 is 35.4 Å². The second kappa shape index (κ2) is 11.3. The van der Waals surface area contributed by atoms with Crippen molar-refractivity contribution in [1.82, 2.24) is 15.5 Å². The quantitative estimate of drug-likeness (QED) is 0.541. The van der Waals surface area contributed by atoms with Crippen molar-refractivity contribution in [2.24, 2.45) is 5.92 Å². The summed E-state index contributed by atoms with van der Waals surface area (Å²) in [7, 11) is 0. The van der Waals surface area contributed by atoms with E-state index in [4.69, 9.17) is 49.4 Å². The summed E-state index contributed by atoms with van der Waals surface area (Å²) < 4.78 is 16.3. The summed E-state index contributed by atoms with van der Waals surface area (Å²) in [6, 6.07) is 14.9. The van der Waals surface area contributed by atoms with Gasteiger partial charge in [0.1, 0.15) is 5.75 Å². The van der Waals surface area contributed by atoms with Crippen LogP contribution in [0.5, 0.6) is 5.75 Å². The number of aromatic nitrogens is 2. The lowest BCUT2D eigenvalue weighted by atomic mass is 10.1. The fourth-order valence-electron chi connectivity index (χ4n) is 2.61. The molecule has 1 aliphatic heterocycles. The van der Waals surface area contributed by atoms with Crippen LogP contribution < -0.4 is 10.1 Å². The highest BCUT2D eigenvalue weighted by molar-refractivity contribution is 7.71. The fourth-order valence-corrected chi connectivity index (χ4v) is 3.01. The molecular weight excluding hydrogens is 433 g/mol. The standard InChI is InChI=1S/C14H17N3O3S.C6H4Cl2/c21-14-16-13(17-20-14)11-2-1-3-12(6-11)19-9-10-7-15-4-5-18-8-10;7-5-3-1-2-4-6(5)8/h1-3,6,10,15H,4-5,7-9H2,(H,16,17,21);1-4H. The molecule has 1 aliphatic rings. The molecule has 1 atom stereocenters. The number of H-pyrrole nitrogens is 1. The van der Waals surface area contributed by atoms with Crippen LogP contribution in [0.1, 0.15) is 0 Å². The number of hydrogen-bond acceptors (Lipinski definition) is 6. The largest absolute Gasteiger partial charge is 0.493 e. The summed E-state index contributed by atoms with van der Waals surface area (Å²) in [5, 5.41) is 7.23. The summed E-state index contributed by atoms with van der Waals surface area (Å²) in [6.07, 6.45) is 0. The van der Waals surface area contributed by atoms with Gasteiger partial charge in [-0.05, 0) is 36.5 Å². The number of nitrogens with zero attached hydrogens (tertiary/aromatic N) is 1. The van der Waals surface area contributed by atoms with E-state index < -0.39 is 0 Å². The predicted molar refractivity (Wildman–Crippen MR) is 116 cm³/mol. The van der Waals surface area contributed by atoms with Gasteiger partial charge in [-0.25, -0.2) is 5.16 Å². The SMILES string of the molecule is Clc1ccccc1Cl.S=c1nc(-c2cccc(OCC3CNCCOC3)c2)[nH]o1. The molecule has 0 radical (unpaired) electrons. The highest BCUT2D eigenvalue weighted by atomic mass is 35.5. The monoisotopic (exact) mass is 453 g/mol. The summed E-state index contributed by atoms with van der Waals surface area (Å²) >= 11 is 16.0. The van der Waals surface area contributed by atoms with Gasteiger partial charge in [0.15, 0.2) is 5.82 Å². The maximum Gasteiger partial charge on any atom is 0.314 e. The van der Waals surface area contributed by atoms with Crippen LogP contribution in [0.15, 0.2) is 53.1 Å². The molecule has 0 spiro atoms. The van der Waals surface area contributed by atoms with Crippen LogP contribution >= 0.6 is 35.4 Å². The van der Waals surface area contributed by atoms with E-state index in [1.807, 2.05) is 36.4 Å². The zero-order valence-electron chi connectivity index (χ0n) is 15.6. The Morgan fingerprint density at radius 2 is 1.93 bits per heavy atom. The van der Waals surface area contributed by atoms with Gasteiger partial charge in [-0.2, -0.15) is 4.98 Å². The maximum absolute atomic E-state index is 5.85. The van der Waals surface area contributed by atoms with Crippen molar-refractivity contribution < 1.29 is 14.0 Å². The average molecular weight is 454 g/mol. The van der Waals surface area contributed by atoms with Crippen LogP contribution in [0, 0.1) is 10.8 Å². The minimum Gasteiger partial charge on any atom is -0.493 e. The third kappa shape index (κ3) is 7.13. The summed E-state index contributed by atoms with van der Waals surface area (Å²) in [4.78, 5) is 4.28. The molecule has 2 N–H and O–H groups in total. The number of ether oxygens (including phenoxy) is 2. The Balaban J connectivity index is 0.000000252. The zero-order valence-corrected chi connectivity index (χ0v) is 17.9. The van der Waals surface area contributed by atoms with Crippen molar-refractivity contribution in [1.29, 1.82) is 0 Å². The Morgan fingerprint density at radius 1 is 1.14 bits per heavy atom. The minimum absolute atomic E-state index is 0.193. The molecule has 2 heterocycles. The Hall–Kier alpha value is -1.90. The molecule has 1 saturated heterocycles. The highest BCUT2D eigenvalue weighted by Crippen LogP contribution is 2.21. The van der Waals surface area contributed by atoms with Gasteiger partial charge in [0.05, 0.1) is 29.9 Å². The van der Waals surface area contributed by atoms with Crippen LogP contribution in [-0.2, 0) is 4.74 Å². The number of rotatable bonds is 4. The number of hydrogen-bond donors (Lipinski definition) is 2. The van der Waals surface area contributed by atoms with Crippen molar-refractivity contribution in [3.05, 3.63) is 63.4 Å². The van der Waals surface area contributed by atoms with Crippen molar-refractivity contribution in [3.8, 4) is 17.1 Å². The molecule has 2 aromatic carbocycles. The molecule has 6 nitrogen and oxygen atoms in total. The van der Waals surface area contributed by atoms with Crippen molar-refractivity contribution in [3.63, 3.8) is 0 Å². The van der Waals surface area contributed by atoms with Crippen molar-refractivity contribution in [2.45, 2.75) is 0 Å². The first-order valence-electron chi connectivity index (χ1n) is 9.09. The van der Waals surface area contributed by atoms with Crippen LogP contribution in [0.4, 0.5) is 0 Å². The molecule has 9 heteroatoms. The summed E-state index contributed by atoms with van der Waals surface area (Å²) in [5.74, 6) is 1.75. The van der Waals surface area contributed by atoms with E-state index in [1.165, 1.54) is 0 Å². The van der Waals surface area contributed by atoms with E-state index in [-0.39, 0.29) is 4.84 Å². The Labute approximate surface area is 184 Å². The van der Waals surface area contributed by atoms with Crippen LogP contribution in [-0.4, -0.2) is 43.1 Å². The molecular formula is C20H21Cl2N3O3S. The van der Waals surface area contributed by atoms with Gasteiger partial charge in [0.2, 0.25) is 0 Å². The normalized spacial score (nSPS) is 16.4. The summed E-state index contributed by atoms with van der Waals surface area (Å²) in [6.45, 7) is 3.92. The maximum atomic E-state index is 5.85.